The van der Waals surface area contributed by atoms with Crippen LogP contribution in [0.5, 0.6) is 0 Å². The second-order valence-electron chi connectivity index (χ2n) is 4.14. The number of amides is 1. The van der Waals surface area contributed by atoms with E-state index in [-0.39, 0.29) is 11.4 Å². The largest absolute Gasteiger partial charge is 0.418 e. The van der Waals surface area contributed by atoms with Crippen LogP contribution in [0.25, 0.3) is 0 Å². The summed E-state index contributed by atoms with van der Waals surface area (Å²) in [6, 6.07) is 3.20. The number of imidazole rings is 1. The number of rotatable bonds is 2. The zero-order chi connectivity index (χ0) is 14.9. The zero-order valence-corrected chi connectivity index (χ0v) is 10.4. The van der Waals surface area contributed by atoms with E-state index in [0.29, 0.717) is 0 Å². The Morgan fingerprint density at radius 2 is 2.10 bits per heavy atom. The van der Waals surface area contributed by atoms with Crippen LogP contribution in [0.3, 0.4) is 0 Å². The average molecular weight is 284 g/mol. The first-order valence-corrected chi connectivity index (χ1v) is 5.53. The number of nitrogens with zero attached hydrogens (tertiary/aromatic N) is 2. The van der Waals surface area contributed by atoms with E-state index >= 15 is 0 Å². The quantitative estimate of drug-likeness (QED) is 0.831. The highest BCUT2D eigenvalue weighted by Crippen LogP contribution is 2.35. The molecule has 0 spiro atoms. The maximum Gasteiger partial charge on any atom is 0.418 e. The van der Waals surface area contributed by atoms with E-state index in [1.807, 2.05) is 0 Å². The number of carbonyl (C=O) groups excluding carboxylic acids is 1. The molecule has 0 aliphatic rings. The molecule has 1 heterocycles. The van der Waals surface area contributed by atoms with Gasteiger partial charge in [0.15, 0.2) is 0 Å². The first-order valence-electron chi connectivity index (χ1n) is 5.53. The lowest BCUT2D eigenvalue weighted by Crippen LogP contribution is -2.16. The SMILES string of the molecule is Cn1cncc1C(=O)Nc1ccc(N)c(C(F)(F)F)c1. The third-order valence-electron chi connectivity index (χ3n) is 2.67. The summed E-state index contributed by atoms with van der Waals surface area (Å²) < 4.78 is 39.5. The van der Waals surface area contributed by atoms with Gasteiger partial charge in [0.1, 0.15) is 5.69 Å². The van der Waals surface area contributed by atoms with Gasteiger partial charge in [0.05, 0.1) is 18.1 Å². The minimum absolute atomic E-state index is 0.0118. The van der Waals surface area contributed by atoms with E-state index < -0.39 is 23.3 Å². The van der Waals surface area contributed by atoms with Gasteiger partial charge in [-0.2, -0.15) is 13.2 Å². The Morgan fingerprint density at radius 3 is 2.65 bits per heavy atom. The third kappa shape index (κ3) is 2.73. The van der Waals surface area contributed by atoms with Gasteiger partial charge in [0, 0.05) is 18.4 Å². The van der Waals surface area contributed by atoms with Gasteiger partial charge in [0.2, 0.25) is 0 Å². The van der Waals surface area contributed by atoms with E-state index in [0.717, 1.165) is 12.1 Å². The normalized spacial score (nSPS) is 11.4. The summed E-state index contributed by atoms with van der Waals surface area (Å²) in [7, 11) is 1.60. The van der Waals surface area contributed by atoms with Crippen molar-refractivity contribution >= 4 is 17.3 Å². The fraction of sp³-hybridized carbons (Fsp3) is 0.167. The summed E-state index contributed by atoms with van der Waals surface area (Å²) in [5, 5.41) is 2.37. The van der Waals surface area contributed by atoms with Crippen molar-refractivity contribution in [2.24, 2.45) is 7.05 Å². The molecule has 8 heteroatoms. The number of nitrogens with two attached hydrogens (primary N) is 1. The van der Waals surface area contributed by atoms with Crippen molar-refractivity contribution in [1.82, 2.24) is 9.55 Å². The highest BCUT2D eigenvalue weighted by molar-refractivity contribution is 6.03. The van der Waals surface area contributed by atoms with Crippen LogP contribution in [0.15, 0.2) is 30.7 Å². The molecular formula is C12H11F3N4O. The molecule has 2 aromatic rings. The van der Waals surface area contributed by atoms with Crippen molar-refractivity contribution in [3.05, 3.63) is 42.0 Å². The summed E-state index contributed by atoms with van der Waals surface area (Å²) in [5.74, 6) is -0.553. The van der Waals surface area contributed by atoms with Crippen molar-refractivity contribution in [2.45, 2.75) is 6.18 Å². The standard InChI is InChI=1S/C12H11F3N4O/c1-19-6-17-5-10(19)11(20)18-7-2-3-9(16)8(4-7)12(13,14)15/h2-6H,16H2,1H3,(H,18,20). The molecule has 106 valence electrons. The number of hydrogen-bond donors (Lipinski definition) is 2. The Hall–Kier alpha value is -2.51. The van der Waals surface area contributed by atoms with Crippen LogP contribution < -0.4 is 11.1 Å². The number of nitrogen functional groups attached to an aromatic ring is 1. The second-order valence-corrected chi connectivity index (χ2v) is 4.14. The fourth-order valence-corrected chi connectivity index (χ4v) is 1.65. The van der Waals surface area contributed by atoms with Gasteiger partial charge in [-0.3, -0.25) is 4.79 Å². The molecule has 0 aliphatic heterocycles. The molecule has 20 heavy (non-hydrogen) atoms. The monoisotopic (exact) mass is 284 g/mol. The highest BCUT2D eigenvalue weighted by Gasteiger charge is 2.33. The van der Waals surface area contributed by atoms with Gasteiger partial charge >= 0.3 is 6.18 Å². The minimum atomic E-state index is -4.57. The van der Waals surface area contributed by atoms with Gasteiger partial charge in [-0.1, -0.05) is 0 Å². The summed E-state index contributed by atoms with van der Waals surface area (Å²) in [6.07, 6.45) is -1.84. The van der Waals surface area contributed by atoms with Gasteiger partial charge in [-0.05, 0) is 18.2 Å². The number of hydrogen-bond acceptors (Lipinski definition) is 3. The van der Waals surface area contributed by atoms with Crippen LogP contribution in [-0.2, 0) is 13.2 Å². The average Bonchev–Trinajstić information content (AvgIpc) is 2.76. The summed E-state index contributed by atoms with van der Waals surface area (Å²) >= 11 is 0. The number of aromatic nitrogens is 2. The summed E-state index contributed by atoms with van der Waals surface area (Å²) in [4.78, 5) is 15.6. The molecule has 1 aromatic carbocycles. The van der Waals surface area contributed by atoms with Crippen LogP contribution in [0.1, 0.15) is 16.1 Å². The predicted octanol–water partition coefficient (Wildman–Crippen LogP) is 2.27. The van der Waals surface area contributed by atoms with Gasteiger partial charge in [0.25, 0.3) is 5.91 Å². The third-order valence-corrected chi connectivity index (χ3v) is 2.67. The van der Waals surface area contributed by atoms with Crippen molar-refractivity contribution in [2.75, 3.05) is 11.1 Å². The number of carbonyl (C=O) groups is 1. The number of benzene rings is 1. The molecule has 2 rings (SSSR count). The Labute approximate surface area is 112 Å². The molecule has 0 saturated heterocycles. The maximum atomic E-state index is 12.7. The van der Waals surface area contributed by atoms with E-state index in [4.69, 9.17) is 5.73 Å². The van der Waals surface area contributed by atoms with Crippen LogP contribution in [0, 0.1) is 0 Å². The fourth-order valence-electron chi connectivity index (χ4n) is 1.65. The zero-order valence-electron chi connectivity index (χ0n) is 10.4. The van der Waals surface area contributed by atoms with Crippen LogP contribution in [0.4, 0.5) is 24.5 Å². The van der Waals surface area contributed by atoms with Gasteiger partial charge < -0.3 is 15.6 Å². The first kappa shape index (κ1) is 13.9. The lowest BCUT2D eigenvalue weighted by Gasteiger charge is -2.12. The molecule has 5 nitrogen and oxygen atoms in total. The Balaban J connectivity index is 2.27. The maximum absolute atomic E-state index is 12.7. The number of nitrogens with one attached hydrogen (secondary N) is 1. The van der Waals surface area contributed by atoms with Crippen molar-refractivity contribution in [3.8, 4) is 0 Å². The molecular weight excluding hydrogens is 273 g/mol. The van der Waals surface area contributed by atoms with E-state index in [1.165, 1.54) is 23.2 Å². The minimum Gasteiger partial charge on any atom is -0.398 e. The first-order chi connectivity index (χ1) is 9.29. The van der Waals surface area contributed by atoms with Crippen molar-refractivity contribution in [1.29, 1.82) is 0 Å². The highest BCUT2D eigenvalue weighted by atomic mass is 19.4. The summed E-state index contributed by atoms with van der Waals surface area (Å²) in [6.45, 7) is 0. The summed E-state index contributed by atoms with van der Waals surface area (Å²) in [5.41, 5.74) is 4.14. The molecule has 3 N–H and O–H groups in total. The molecule has 0 unspecified atom stereocenters. The lowest BCUT2D eigenvalue weighted by molar-refractivity contribution is -0.136. The smallest absolute Gasteiger partial charge is 0.398 e. The predicted molar refractivity (Wildman–Crippen MR) is 67.0 cm³/mol. The van der Waals surface area contributed by atoms with Gasteiger partial charge in [-0.25, -0.2) is 4.98 Å². The van der Waals surface area contributed by atoms with Crippen molar-refractivity contribution < 1.29 is 18.0 Å². The Morgan fingerprint density at radius 1 is 1.40 bits per heavy atom. The van der Waals surface area contributed by atoms with Crippen LogP contribution in [-0.4, -0.2) is 15.5 Å². The molecule has 0 aliphatic carbocycles. The van der Waals surface area contributed by atoms with Crippen molar-refractivity contribution in [3.63, 3.8) is 0 Å². The molecule has 0 atom stereocenters. The number of alkyl halides is 3. The number of aryl methyl sites for hydroxylation is 1. The van der Waals surface area contributed by atoms with E-state index in [1.54, 1.807) is 7.05 Å². The van der Waals surface area contributed by atoms with Crippen LogP contribution >= 0.6 is 0 Å². The Kier molecular flexibility index (Phi) is 3.39. The molecule has 0 radical (unpaired) electrons. The number of halogens is 3. The molecule has 1 aromatic heterocycles. The molecule has 0 bridgehead atoms. The second kappa shape index (κ2) is 4.87. The Bertz CT molecular complexity index is 648. The van der Waals surface area contributed by atoms with Crippen LogP contribution in [0.2, 0.25) is 0 Å². The lowest BCUT2D eigenvalue weighted by atomic mass is 10.1. The molecule has 0 saturated carbocycles. The van der Waals surface area contributed by atoms with E-state index in [9.17, 15) is 18.0 Å². The van der Waals surface area contributed by atoms with Gasteiger partial charge in [-0.15, -0.1) is 0 Å². The van der Waals surface area contributed by atoms with E-state index in [2.05, 4.69) is 10.3 Å². The molecule has 0 fully saturated rings. The number of anilines is 2. The topological polar surface area (TPSA) is 72.9 Å². The molecule has 1 amide bonds.